The maximum atomic E-state index is 13.7. The van der Waals surface area contributed by atoms with Crippen molar-refractivity contribution in [1.29, 1.82) is 10.7 Å². The molecule has 12 heteroatoms. The van der Waals surface area contributed by atoms with E-state index in [2.05, 4.69) is 16.0 Å². The molecule has 1 saturated heterocycles. The highest BCUT2D eigenvalue weighted by Crippen LogP contribution is 2.52. The summed E-state index contributed by atoms with van der Waals surface area (Å²) >= 11 is 6.64. The van der Waals surface area contributed by atoms with Crippen molar-refractivity contribution in [2.75, 3.05) is 19.1 Å². The van der Waals surface area contributed by atoms with Crippen LogP contribution in [0.3, 0.4) is 0 Å². The number of pyridine rings is 1. The second kappa shape index (κ2) is 9.63. The van der Waals surface area contributed by atoms with E-state index >= 15 is 0 Å². The van der Waals surface area contributed by atoms with Gasteiger partial charge in [-0.15, -0.1) is 0 Å². The van der Waals surface area contributed by atoms with Crippen LogP contribution in [0.1, 0.15) is 31.0 Å². The van der Waals surface area contributed by atoms with Crippen molar-refractivity contribution in [3.05, 3.63) is 57.1 Å². The zero-order chi connectivity index (χ0) is 28.2. The molecule has 2 aromatic heterocycles. The molecule has 5 rings (SSSR count). The number of aryl methyl sites for hydroxylation is 1. The SMILES string of the molecule is COc1ncc(N=C(C(C)C)C2C(=N)C(=O)N3c4c(c(Cl)cn(C)c4=O)-c4cc(C#N)ccc4C23)c(OC)n1. The van der Waals surface area contributed by atoms with Crippen molar-refractivity contribution < 1.29 is 14.3 Å². The smallest absolute Gasteiger partial charge is 0.319 e. The average Bonchev–Trinajstić information content (AvgIpc) is 3.19. The number of halogens is 1. The molecule has 198 valence electrons. The lowest BCUT2D eigenvalue weighted by Gasteiger charge is -2.36. The fourth-order valence-electron chi connectivity index (χ4n) is 5.19. The lowest BCUT2D eigenvalue weighted by molar-refractivity contribution is -0.112. The van der Waals surface area contributed by atoms with E-state index < -0.39 is 23.4 Å². The normalized spacial score (nSPS) is 18.0. The van der Waals surface area contributed by atoms with Crippen molar-refractivity contribution >= 4 is 40.3 Å². The number of aliphatic imine (C=N–C) groups is 1. The Morgan fingerprint density at radius 3 is 2.64 bits per heavy atom. The van der Waals surface area contributed by atoms with Gasteiger partial charge >= 0.3 is 6.01 Å². The molecule has 2 unspecified atom stereocenters. The van der Waals surface area contributed by atoms with Crippen LogP contribution in [0.4, 0.5) is 11.4 Å². The van der Waals surface area contributed by atoms with Crippen LogP contribution in [0.5, 0.6) is 11.9 Å². The highest BCUT2D eigenvalue weighted by molar-refractivity contribution is 6.50. The summed E-state index contributed by atoms with van der Waals surface area (Å²) in [6.45, 7) is 3.81. The molecule has 2 aliphatic rings. The second-order valence-electron chi connectivity index (χ2n) is 9.48. The number of hydrogen-bond acceptors (Lipinski definition) is 9. The zero-order valence-corrected chi connectivity index (χ0v) is 22.6. The van der Waals surface area contributed by atoms with Crippen LogP contribution in [0, 0.1) is 28.6 Å². The van der Waals surface area contributed by atoms with Crippen molar-refractivity contribution in [3.8, 4) is 29.1 Å². The summed E-state index contributed by atoms with van der Waals surface area (Å²) in [5.74, 6) is -1.50. The highest BCUT2D eigenvalue weighted by Gasteiger charge is 2.53. The number of benzene rings is 1. The molecule has 4 heterocycles. The predicted octanol–water partition coefficient (Wildman–Crippen LogP) is 3.85. The van der Waals surface area contributed by atoms with E-state index in [0.717, 1.165) is 0 Å². The first-order valence-electron chi connectivity index (χ1n) is 12.0. The summed E-state index contributed by atoms with van der Waals surface area (Å²) in [5, 5.41) is 18.8. The van der Waals surface area contributed by atoms with E-state index in [1.807, 2.05) is 13.8 Å². The molecule has 11 nitrogen and oxygen atoms in total. The number of nitriles is 1. The number of carbonyl (C=O) groups is 1. The van der Waals surface area contributed by atoms with Gasteiger partial charge in [0.2, 0.25) is 5.88 Å². The standard InChI is InChI=1S/C27H24ClN7O4/c1-12(2)21(32-17-10-31-27(39-5)33-24(17)38-4)19-20(30)25(36)35-22(19)14-7-6-13(9-29)8-15(14)18-16(28)11-34(3)26(37)23(18)35/h6-8,10-12,19,22,30H,1-5H3. The number of methoxy groups -OCH3 is 2. The molecule has 1 fully saturated rings. The van der Waals surface area contributed by atoms with E-state index in [9.17, 15) is 14.9 Å². The molecule has 2 atom stereocenters. The summed E-state index contributed by atoms with van der Waals surface area (Å²) in [6, 6.07) is 6.51. The lowest BCUT2D eigenvalue weighted by atomic mass is 9.79. The third-order valence-corrected chi connectivity index (χ3v) is 7.21. The topological polar surface area (TPSA) is 147 Å². The number of anilines is 1. The van der Waals surface area contributed by atoms with Crippen LogP contribution in [0.25, 0.3) is 11.1 Å². The number of amides is 1. The van der Waals surface area contributed by atoms with Gasteiger partial charge in [0, 0.05) is 24.5 Å². The molecule has 0 aliphatic carbocycles. The van der Waals surface area contributed by atoms with E-state index in [-0.39, 0.29) is 34.2 Å². The van der Waals surface area contributed by atoms with E-state index in [1.54, 1.807) is 25.2 Å². The molecular formula is C27H24ClN7O4. The fraction of sp³-hybridized carbons (Fsp3) is 0.296. The molecule has 0 radical (unpaired) electrons. The van der Waals surface area contributed by atoms with Gasteiger partial charge < -0.3 is 14.0 Å². The number of fused-ring (bicyclic) bond motifs is 6. The molecule has 1 aromatic carbocycles. The minimum absolute atomic E-state index is 0.0725. The van der Waals surface area contributed by atoms with Gasteiger partial charge in [-0.1, -0.05) is 31.5 Å². The van der Waals surface area contributed by atoms with Crippen LogP contribution in [0.2, 0.25) is 5.02 Å². The van der Waals surface area contributed by atoms with Crippen LogP contribution in [-0.4, -0.2) is 46.1 Å². The van der Waals surface area contributed by atoms with Gasteiger partial charge in [-0.3, -0.25) is 19.9 Å². The predicted molar refractivity (Wildman–Crippen MR) is 145 cm³/mol. The average molecular weight is 546 g/mol. The van der Waals surface area contributed by atoms with E-state index in [4.69, 9.17) is 31.5 Å². The Balaban J connectivity index is 1.80. The molecular weight excluding hydrogens is 522 g/mol. The van der Waals surface area contributed by atoms with Crippen molar-refractivity contribution in [2.24, 2.45) is 23.9 Å². The van der Waals surface area contributed by atoms with E-state index in [0.29, 0.717) is 33.7 Å². The Kier molecular flexibility index (Phi) is 6.44. The summed E-state index contributed by atoms with van der Waals surface area (Å²) in [5.41, 5.74) is 2.17. The van der Waals surface area contributed by atoms with Crippen LogP contribution >= 0.6 is 11.6 Å². The number of hydrogen-bond donors (Lipinski definition) is 1. The minimum atomic E-state index is -0.826. The Labute approximate surface area is 228 Å². The molecule has 1 amide bonds. The Morgan fingerprint density at radius 2 is 2.00 bits per heavy atom. The Morgan fingerprint density at radius 1 is 1.26 bits per heavy atom. The van der Waals surface area contributed by atoms with E-state index in [1.165, 1.54) is 36.1 Å². The highest BCUT2D eigenvalue weighted by atomic mass is 35.5. The minimum Gasteiger partial charge on any atom is -0.479 e. The summed E-state index contributed by atoms with van der Waals surface area (Å²) in [6.07, 6.45) is 2.93. The Hall–Kier alpha value is -4.56. The Bertz CT molecular complexity index is 1690. The number of ether oxygens (including phenoxy) is 2. The van der Waals surface area contributed by atoms with Crippen molar-refractivity contribution in [3.63, 3.8) is 0 Å². The lowest BCUT2D eigenvalue weighted by Crippen LogP contribution is -2.39. The molecule has 0 saturated carbocycles. The van der Waals surface area contributed by atoms with Gasteiger partial charge in [0.05, 0.1) is 49.0 Å². The van der Waals surface area contributed by atoms with Crippen molar-refractivity contribution in [2.45, 2.75) is 19.9 Å². The largest absolute Gasteiger partial charge is 0.479 e. The summed E-state index contributed by atoms with van der Waals surface area (Å²) in [7, 11) is 4.42. The molecule has 39 heavy (non-hydrogen) atoms. The molecule has 1 N–H and O–H groups in total. The number of carbonyl (C=O) groups excluding carboxylic acids is 1. The quantitative estimate of drug-likeness (QED) is 0.479. The first-order valence-corrected chi connectivity index (χ1v) is 12.4. The van der Waals surface area contributed by atoms with Gasteiger partial charge in [-0.25, -0.2) is 9.98 Å². The maximum absolute atomic E-state index is 13.7. The second-order valence-corrected chi connectivity index (χ2v) is 9.89. The summed E-state index contributed by atoms with van der Waals surface area (Å²) in [4.78, 5) is 41.7. The number of nitrogens with zero attached hydrogens (tertiary/aromatic N) is 6. The molecule has 2 aliphatic heterocycles. The molecule has 0 bridgehead atoms. The number of rotatable bonds is 5. The van der Waals surface area contributed by atoms with Gasteiger partial charge in [0.1, 0.15) is 17.1 Å². The summed E-state index contributed by atoms with van der Waals surface area (Å²) < 4.78 is 11.8. The zero-order valence-electron chi connectivity index (χ0n) is 21.8. The first-order chi connectivity index (χ1) is 18.6. The third-order valence-electron chi connectivity index (χ3n) is 6.92. The van der Waals surface area contributed by atoms with Crippen molar-refractivity contribution in [1.82, 2.24) is 14.5 Å². The number of nitrogens with one attached hydrogen (secondary N) is 1. The monoisotopic (exact) mass is 545 g/mol. The third kappa shape index (κ3) is 3.95. The molecule has 0 spiro atoms. The maximum Gasteiger partial charge on any atom is 0.319 e. The first kappa shape index (κ1) is 26.1. The number of aromatic nitrogens is 3. The van der Waals surface area contributed by atoms with Gasteiger partial charge in [0.25, 0.3) is 11.5 Å². The van der Waals surface area contributed by atoms with Crippen LogP contribution in [0.15, 0.2) is 40.4 Å². The van der Waals surface area contributed by atoms with Gasteiger partial charge in [-0.2, -0.15) is 10.2 Å². The van der Waals surface area contributed by atoms with Crippen LogP contribution < -0.4 is 19.9 Å². The van der Waals surface area contributed by atoms with Gasteiger partial charge in [0.15, 0.2) is 0 Å². The van der Waals surface area contributed by atoms with Crippen LogP contribution in [-0.2, 0) is 11.8 Å². The fourth-order valence-corrected chi connectivity index (χ4v) is 5.53. The molecule has 3 aromatic rings. The van der Waals surface area contributed by atoms with Gasteiger partial charge in [-0.05, 0) is 29.2 Å².